The molecule has 0 saturated heterocycles. The Kier molecular flexibility index (Phi) is 2.46. The number of nitrogens with two attached hydrogens (primary N) is 1. The van der Waals surface area contributed by atoms with Crippen LogP contribution in [0.25, 0.3) is 11.3 Å². The van der Waals surface area contributed by atoms with E-state index in [2.05, 4.69) is 0 Å². The van der Waals surface area contributed by atoms with Crippen LogP contribution in [-0.2, 0) is 0 Å². The van der Waals surface area contributed by atoms with E-state index in [-0.39, 0.29) is 5.78 Å². The molecule has 18 heavy (non-hydrogen) atoms. The molecular weight excluding hydrogens is 246 g/mol. The van der Waals surface area contributed by atoms with Gasteiger partial charge in [0, 0.05) is 16.1 Å². The van der Waals surface area contributed by atoms with Crippen LogP contribution in [-0.4, -0.2) is 5.78 Å². The highest BCUT2D eigenvalue weighted by molar-refractivity contribution is 6.39. The summed E-state index contributed by atoms with van der Waals surface area (Å²) in [4.78, 5) is 12.3. The van der Waals surface area contributed by atoms with Gasteiger partial charge in [-0.3, -0.25) is 4.79 Å². The number of rotatable bonds is 1. The third-order valence-electron chi connectivity index (χ3n) is 3.09. The second kappa shape index (κ2) is 4.00. The summed E-state index contributed by atoms with van der Waals surface area (Å²) < 4.78 is 0. The molecule has 2 aromatic rings. The lowest BCUT2D eigenvalue weighted by atomic mass is 10.0. The summed E-state index contributed by atoms with van der Waals surface area (Å²) in [5, 5.41) is 0.640. The Morgan fingerprint density at radius 1 is 0.889 bits per heavy atom. The zero-order valence-corrected chi connectivity index (χ0v) is 10.2. The molecule has 0 aliphatic heterocycles. The lowest BCUT2D eigenvalue weighted by Crippen LogP contribution is -1.99. The van der Waals surface area contributed by atoms with Crippen LogP contribution in [0.15, 0.2) is 48.5 Å². The number of fused-ring (bicyclic) bond motifs is 1. The van der Waals surface area contributed by atoms with Gasteiger partial charge in [-0.1, -0.05) is 48.0 Å². The zero-order chi connectivity index (χ0) is 12.7. The SMILES string of the molecule is NC1=C(c2ccc(Cl)cc2)C(=O)c2ccccc21. The fraction of sp³-hybridized carbons (Fsp3) is 0. The van der Waals surface area contributed by atoms with Gasteiger partial charge in [-0.2, -0.15) is 0 Å². The predicted molar refractivity (Wildman–Crippen MR) is 73.2 cm³/mol. The van der Waals surface area contributed by atoms with Crippen molar-refractivity contribution in [1.82, 2.24) is 0 Å². The molecular formula is C15H10ClNO. The Balaban J connectivity index is 2.18. The molecule has 2 nitrogen and oxygen atoms in total. The highest BCUT2D eigenvalue weighted by atomic mass is 35.5. The fourth-order valence-electron chi connectivity index (χ4n) is 2.21. The molecule has 0 aromatic heterocycles. The van der Waals surface area contributed by atoms with Crippen molar-refractivity contribution in [3.63, 3.8) is 0 Å². The normalized spacial score (nSPS) is 13.9. The molecule has 0 unspecified atom stereocenters. The molecule has 0 fully saturated rings. The van der Waals surface area contributed by atoms with Crippen molar-refractivity contribution in [2.24, 2.45) is 5.73 Å². The third kappa shape index (κ3) is 1.54. The van der Waals surface area contributed by atoms with Crippen LogP contribution < -0.4 is 5.73 Å². The average Bonchev–Trinajstić information content (AvgIpc) is 2.64. The number of ketones is 1. The van der Waals surface area contributed by atoms with Crippen molar-refractivity contribution < 1.29 is 4.79 Å². The smallest absolute Gasteiger partial charge is 0.196 e. The number of hydrogen-bond acceptors (Lipinski definition) is 2. The number of carbonyl (C=O) groups is 1. The van der Waals surface area contributed by atoms with E-state index < -0.39 is 0 Å². The molecule has 0 saturated carbocycles. The molecule has 1 aliphatic carbocycles. The van der Waals surface area contributed by atoms with Gasteiger partial charge in [0.05, 0.1) is 11.3 Å². The number of halogens is 1. The Labute approximate surface area is 110 Å². The Bertz CT molecular complexity index is 671. The molecule has 0 heterocycles. The van der Waals surface area contributed by atoms with Gasteiger partial charge >= 0.3 is 0 Å². The van der Waals surface area contributed by atoms with E-state index in [1.165, 1.54) is 0 Å². The maximum Gasteiger partial charge on any atom is 0.196 e. The lowest BCUT2D eigenvalue weighted by Gasteiger charge is -2.02. The Hall–Kier alpha value is -2.06. The first-order valence-corrected chi connectivity index (χ1v) is 5.96. The summed E-state index contributed by atoms with van der Waals surface area (Å²) in [6, 6.07) is 14.5. The first-order valence-electron chi connectivity index (χ1n) is 5.58. The minimum Gasteiger partial charge on any atom is -0.398 e. The van der Waals surface area contributed by atoms with Crippen molar-refractivity contribution >= 4 is 28.7 Å². The van der Waals surface area contributed by atoms with Gasteiger partial charge in [0.2, 0.25) is 0 Å². The topological polar surface area (TPSA) is 43.1 Å². The molecule has 2 N–H and O–H groups in total. The van der Waals surface area contributed by atoms with Crippen LogP contribution in [0.5, 0.6) is 0 Å². The second-order valence-electron chi connectivity index (χ2n) is 4.17. The zero-order valence-electron chi connectivity index (χ0n) is 9.48. The molecule has 0 spiro atoms. The van der Waals surface area contributed by atoms with Crippen molar-refractivity contribution in [3.05, 3.63) is 70.2 Å². The van der Waals surface area contributed by atoms with Crippen LogP contribution in [0.3, 0.4) is 0 Å². The number of hydrogen-bond donors (Lipinski definition) is 1. The summed E-state index contributed by atoms with van der Waals surface area (Å²) in [5.41, 5.74) is 9.46. The molecule has 2 aromatic carbocycles. The van der Waals surface area contributed by atoms with Crippen LogP contribution in [0, 0.1) is 0 Å². The van der Waals surface area contributed by atoms with E-state index >= 15 is 0 Å². The molecule has 0 amide bonds. The highest BCUT2D eigenvalue weighted by Gasteiger charge is 2.28. The summed E-state index contributed by atoms with van der Waals surface area (Å²) in [6.07, 6.45) is 0. The lowest BCUT2D eigenvalue weighted by molar-refractivity contribution is 0.105. The fourth-order valence-corrected chi connectivity index (χ4v) is 2.34. The standard InChI is InChI=1S/C15H10ClNO/c16-10-7-5-9(6-8-10)13-14(17)11-3-1-2-4-12(11)15(13)18/h1-8H,17H2. The van der Waals surface area contributed by atoms with E-state index in [9.17, 15) is 4.79 Å². The molecule has 1 aliphatic rings. The van der Waals surface area contributed by atoms with Crippen LogP contribution in [0.2, 0.25) is 5.02 Å². The molecule has 3 heteroatoms. The Morgan fingerprint density at radius 3 is 2.11 bits per heavy atom. The van der Waals surface area contributed by atoms with Crippen LogP contribution >= 0.6 is 11.6 Å². The molecule has 0 bridgehead atoms. The predicted octanol–water partition coefficient (Wildman–Crippen LogP) is 3.36. The van der Waals surface area contributed by atoms with Gasteiger partial charge in [-0.25, -0.2) is 0 Å². The third-order valence-corrected chi connectivity index (χ3v) is 3.34. The van der Waals surface area contributed by atoms with E-state index in [4.69, 9.17) is 17.3 Å². The molecule has 88 valence electrons. The van der Waals surface area contributed by atoms with Gasteiger partial charge in [0.25, 0.3) is 0 Å². The maximum atomic E-state index is 12.3. The molecule has 0 radical (unpaired) electrons. The van der Waals surface area contributed by atoms with Gasteiger partial charge < -0.3 is 5.73 Å². The van der Waals surface area contributed by atoms with Crippen LogP contribution in [0.1, 0.15) is 21.5 Å². The number of Topliss-reactive ketones (excluding diaryl/α,β-unsaturated/α-hetero) is 1. The maximum absolute atomic E-state index is 12.3. The first kappa shape index (κ1) is 11.1. The molecule has 3 rings (SSSR count). The van der Waals surface area contributed by atoms with E-state index in [0.29, 0.717) is 21.9 Å². The summed E-state index contributed by atoms with van der Waals surface area (Å²) in [6.45, 7) is 0. The van der Waals surface area contributed by atoms with Crippen molar-refractivity contribution in [3.8, 4) is 0 Å². The van der Waals surface area contributed by atoms with E-state index in [0.717, 1.165) is 11.1 Å². The van der Waals surface area contributed by atoms with Crippen LogP contribution in [0.4, 0.5) is 0 Å². The molecule has 0 atom stereocenters. The number of benzene rings is 2. The summed E-state index contributed by atoms with van der Waals surface area (Å²) in [5.74, 6) is -0.0228. The van der Waals surface area contributed by atoms with Crippen molar-refractivity contribution in [2.75, 3.05) is 0 Å². The van der Waals surface area contributed by atoms with Gasteiger partial charge in [0.15, 0.2) is 5.78 Å². The van der Waals surface area contributed by atoms with Gasteiger partial charge in [-0.05, 0) is 17.7 Å². The highest BCUT2D eigenvalue weighted by Crippen LogP contribution is 2.35. The van der Waals surface area contributed by atoms with Crippen molar-refractivity contribution in [1.29, 1.82) is 0 Å². The Morgan fingerprint density at radius 2 is 1.50 bits per heavy atom. The van der Waals surface area contributed by atoms with Crippen molar-refractivity contribution in [2.45, 2.75) is 0 Å². The minimum atomic E-state index is -0.0228. The monoisotopic (exact) mass is 255 g/mol. The largest absolute Gasteiger partial charge is 0.398 e. The van der Waals surface area contributed by atoms with E-state index in [1.807, 2.05) is 30.3 Å². The number of allylic oxidation sites excluding steroid dienone is 1. The van der Waals surface area contributed by atoms with Gasteiger partial charge in [0.1, 0.15) is 0 Å². The quantitative estimate of drug-likeness (QED) is 0.849. The van der Waals surface area contributed by atoms with Gasteiger partial charge in [-0.15, -0.1) is 0 Å². The summed E-state index contributed by atoms with van der Waals surface area (Å²) in [7, 11) is 0. The summed E-state index contributed by atoms with van der Waals surface area (Å²) >= 11 is 5.85. The van der Waals surface area contributed by atoms with E-state index in [1.54, 1.807) is 18.2 Å². The number of carbonyl (C=O) groups excluding carboxylic acids is 1. The first-order chi connectivity index (χ1) is 8.68. The second-order valence-corrected chi connectivity index (χ2v) is 4.61. The minimum absolute atomic E-state index is 0.0228. The average molecular weight is 256 g/mol.